The van der Waals surface area contributed by atoms with E-state index in [1.807, 2.05) is 12.1 Å². The molecule has 0 bridgehead atoms. The van der Waals surface area contributed by atoms with Gasteiger partial charge in [0.15, 0.2) is 0 Å². The molecule has 2 N–H and O–H groups in total. The molecule has 0 saturated heterocycles. The summed E-state index contributed by atoms with van der Waals surface area (Å²) in [6.07, 6.45) is 6.86. The Bertz CT molecular complexity index is 458. The lowest BCUT2D eigenvalue weighted by atomic mass is 9.71. The summed E-state index contributed by atoms with van der Waals surface area (Å²) >= 11 is 12.4. The molecule has 1 aromatic rings. The first-order chi connectivity index (χ1) is 9.39. The quantitative estimate of drug-likeness (QED) is 0.783. The van der Waals surface area contributed by atoms with Crippen LogP contribution in [0.15, 0.2) is 18.2 Å². The number of benzene rings is 1. The fourth-order valence-corrected chi connectivity index (χ4v) is 4.00. The Morgan fingerprint density at radius 2 is 2.10 bits per heavy atom. The van der Waals surface area contributed by atoms with Gasteiger partial charge in [-0.1, -0.05) is 62.0 Å². The van der Waals surface area contributed by atoms with E-state index in [1.54, 1.807) is 0 Å². The van der Waals surface area contributed by atoms with E-state index in [4.69, 9.17) is 28.9 Å². The van der Waals surface area contributed by atoms with E-state index in [-0.39, 0.29) is 5.54 Å². The van der Waals surface area contributed by atoms with E-state index in [2.05, 4.69) is 19.9 Å². The van der Waals surface area contributed by atoms with Crippen molar-refractivity contribution in [2.45, 2.75) is 57.9 Å². The summed E-state index contributed by atoms with van der Waals surface area (Å²) in [6.45, 7) is 4.58. The molecule has 1 nitrogen and oxygen atoms in total. The molecule has 0 amide bonds. The molecular formula is C17H25Cl2N. The van der Waals surface area contributed by atoms with Crippen molar-refractivity contribution in [1.82, 2.24) is 0 Å². The first-order valence-electron chi connectivity index (χ1n) is 7.61. The van der Waals surface area contributed by atoms with Gasteiger partial charge in [-0.2, -0.15) is 0 Å². The Kier molecular flexibility index (Phi) is 5.39. The molecule has 0 spiro atoms. The van der Waals surface area contributed by atoms with Crippen molar-refractivity contribution in [1.29, 1.82) is 0 Å². The molecule has 112 valence electrons. The van der Waals surface area contributed by atoms with Crippen LogP contribution < -0.4 is 5.73 Å². The van der Waals surface area contributed by atoms with Crippen LogP contribution >= 0.6 is 23.2 Å². The third-order valence-corrected chi connectivity index (χ3v) is 5.22. The molecule has 1 saturated carbocycles. The fraction of sp³-hybridized carbons (Fsp3) is 0.647. The first-order valence-corrected chi connectivity index (χ1v) is 8.37. The van der Waals surface area contributed by atoms with Crippen molar-refractivity contribution < 1.29 is 0 Å². The Morgan fingerprint density at radius 3 is 2.80 bits per heavy atom. The van der Waals surface area contributed by atoms with E-state index >= 15 is 0 Å². The third-order valence-electron chi connectivity index (χ3n) is 4.36. The van der Waals surface area contributed by atoms with Crippen LogP contribution in [0, 0.1) is 11.8 Å². The summed E-state index contributed by atoms with van der Waals surface area (Å²) in [4.78, 5) is 0. The van der Waals surface area contributed by atoms with Crippen molar-refractivity contribution >= 4 is 23.2 Å². The lowest BCUT2D eigenvalue weighted by Gasteiger charge is -2.39. The maximum absolute atomic E-state index is 6.67. The maximum atomic E-state index is 6.67. The molecule has 2 unspecified atom stereocenters. The zero-order valence-electron chi connectivity index (χ0n) is 12.5. The minimum absolute atomic E-state index is 0.119. The minimum atomic E-state index is -0.119. The van der Waals surface area contributed by atoms with Gasteiger partial charge in [-0.05, 0) is 49.1 Å². The highest BCUT2D eigenvalue weighted by molar-refractivity contribution is 6.42. The lowest BCUT2D eigenvalue weighted by Crippen LogP contribution is -2.46. The molecule has 0 radical (unpaired) electrons. The van der Waals surface area contributed by atoms with Gasteiger partial charge in [0.2, 0.25) is 0 Å². The second-order valence-electron chi connectivity index (χ2n) is 6.84. The van der Waals surface area contributed by atoms with Crippen LogP contribution in [0.1, 0.15) is 51.5 Å². The average molecular weight is 314 g/mol. The van der Waals surface area contributed by atoms with Gasteiger partial charge in [0.1, 0.15) is 0 Å². The Balaban J connectivity index is 2.08. The van der Waals surface area contributed by atoms with Crippen LogP contribution in [-0.2, 0) is 6.42 Å². The maximum Gasteiger partial charge on any atom is 0.0624 e. The van der Waals surface area contributed by atoms with Gasteiger partial charge >= 0.3 is 0 Å². The zero-order chi connectivity index (χ0) is 14.8. The topological polar surface area (TPSA) is 26.0 Å². The molecule has 0 aliphatic heterocycles. The van der Waals surface area contributed by atoms with Crippen molar-refractivity contribution in [2.75, 3.05) is 0 Å². The predicted octanol–water partition coefficient (Wildman–Crippen LogP) is 5.47. The molecule has 2 atom stereocenters. The number of rotatable bonds is 4. The van der Waals surface area contributed by atoms with Crippen molar-refractivity contribution in [3.8, 4) is 0 Å². The van der Waals surface area contributed by atoms with E-state index in [9.17, 15) is 0 Å². The molecule has 0 heterocycles. The highest BCUT2D eigenvalue weighted by atomic mass is 35.5. The van der Waals surface area contributed by atoms with E-state index in [0.717, 1.165) is 36.7 Å². The van der Waals surface area contributed by atoms with Crippen LogP contribution in [0.2, 0.25) is 10.0 Å². The summed E-state index contributed by atoms with van der Waals surface area (Å²) in [7, 11) is 0. The molecule has 1 aliphatic carbocycles. The molecule has 1 fully saturated rings. The molecule has 1 aromatic carbocycles. The smallest absolute Gasteiger partial charge is 0.0624 e. The fourth-order valence-electron chi connectivity index (χ4n) is 3.61. The second-order valence-corrected chi connectivity index (χ2v) is 7.63. The third kappa shape index (κ3) is 4.13. The van der Waals surface area contributed by atoms with Crippen LogP contribution in [-0.4, -0.2) is 5.54 Å². The van der Waals surface area contributed by atoms with Crippen LogP contribution in [0.3, 0.4) is 0 Å². The van der Waals surface area contributed by atoms with Gasteiger partial charge in [0.25, 0.3) is 0 Å². The Hall–Kier alpha value is -0.240. The highest BCUT2D eigenvalue weighted by Crippen LogP contribution is 2.38. The van der Waals surface area contributed by atoms with E-state index in [0.29, 0.717) is 10.0 Å². The Labute approximate surface area is 132 Å². The summed E-state index contributed by atoms with van der Waals surface area (Å²) in [5, 5.41) is 1.30. The van der Waals surface area contributed by atoms with Crippen molar-refractivity contribution in [2.24, 2.45) is 17.6 Å². The molecular weight excluding hydrogens is 289 g/mol. The first kappa shape index (κ1) is 16.1. The van der Waals surface area contributed by atoms with E-state index in [1.165, 1.54) is 19.3 Å². The highest BCUT2D eigenvalue weighted by Gasteiger charge is 2.33. The van der Waals surface area contributed by atoms with Crippen LogP contribution in [0.5, 0.6) is 0 Å². The number of halogens is 2. The molecule has 20 heavy (non-hydrogen) atoms. The van der Waals surface area contributed by atoms with Gasteiger partial charge in [-0.15, -0.1) is 0 Å². The molecule has 0 aromatic heterocycles. The molecule has 2 rings (SSSR count). The number of hydrogen-bond acceptors (Lipinski definition) is 1. The van der Waals surface area contributed by atoms with Crippen LogP contribution in [0.25, 0.3) is 0 Å². The second kappa shape index (κ2) is 6.68. The summed E-state index contributed by atoms with van der Waals surface area (Å²) in [5.74, 6) is 1.50. The predicted molar refractivity (Wildman–Crippen MR) is 88.5 cm³/mol. The van der Waals surface area contributed by atoms with Crippen molar-refractivity contribution in [3.05, 3.63) is 33.8 Å². The van der Waals surface area contributed by atoms with Gasteiger partial charge in [-0.3, -0.25) is 0 Å². The average Bonchev–Trinajstić information content (AvgIpc) is 2.34. The lowest BCUT2D eigenvalue weighted by molar-refractivity contribution is 0.200. The van der Waals surface area contributed by atoms with Gasteiger partial charge in [-0.25, -0.2) is 0 Å². The zero-order valence-corrected chi connectivity index (χ0v) is 14.0. The largest absolute Gasteiger partial charge is 0.325 e. The summed E-state index contributed by atoms with van der Waals surface area (Å²) < 4.78 is 0. The minimum Gasteiger partial charge on any atom is -0.325 e. The van der Waals surface area contributed by atoms with Gasteiger partial charge in [0, 0.05) is 5.54 Å². The number of hydrogen-bond donors (Lipinski definition) is 1. The summed E-state index contributed by atoms with van der Waals surface area (Å²) in [6, 6.07) is 5.84. The van der Waals surface area contributed by atoms with Gasteiger partial charge in [0.05, 0.1) is 10.0 Å². The SMILES string of the molecule is CC(C)CC1CCCC(N)(Cc2cccc(Cl)c2Cl)C1. The van der Waals surface area contributed by atoms with Gasteiger partial charge < -0.3 is 5.73 Å². The number of nitrogens with two attached hydrogens (primary N) is 1. The monoisotopic (exact) mass is 313 g/mol. The normalized spacial score (nSPS) is 27.0. The summed E-state index contributed by atoms with van der Waals surface area (Å²) in [5.41, 5.74) is 7.65. The Morgan fingerprint density at radius 1 is 1.35 bits per heavy atom. The molecule has 1 aliphatic rings. The molecule has 3 heteroatoms. The van der Waals surface area contributed by atoms with Crippen LogP contribution in [0.4, 0.5) is 0 Å². The van der Waals surface area contributed by atoms with E-state index < -0.39 is 0 Å². The van der Waals surface area contributed by atoms with Crippen molar-refractivity contribution in [3.63, 3.8) is 0 Å². The standard InChI is InChI=1S/C17H25Cl2N/c1-12(2)9-13-5-4-8-17(20,10-13)11-14-6-3-7-15(18)16(14)19/h3,6-7,12-13H,4-5,8-11,20H2,1-2H3.